The van der Waals surface area contributed by atoms with Crippen LogP contribution in [0.25, 0.3) is 10.8 Å². The van der Waals surface area contributed by atoms with Crippen LogP contribution in [0.4, 0.5) is 5.69 Å². The third-order valence-corrected chi connectivity index (χ3v) is 5.16. The van der Waals surface area contributed by atoms with Crippen molar-refractivity contribution in [3.05, 3.63) is 60.5 Å². The molecule has 0 amide bonds. The molecule has 26 heavy (non-hydrogen) atoms. The van der Waals surface area contributed by atoms with Gasteiger partial charge in [0.15, 0.2) is 0 Å². The van der Waals surface area contributed by atoms with Crippen LogP contribution in [0, 0.1) is 5.92 Å². The van der Waals surface area contributed by atoms with E-state index in [9.17, 15) is 0 Å². The zero-order chi connectivity index (χ0) is 17.9. The van der Waals surface area contributed by atoms with Crippen molar-refractivity contribution in [1.82, 2.24) is 15.2 Å². The van der Waals surface area contributed by atoms with Crippen molar-refractivity contribution < 1.29 is 0 Å². The number of rotatable bonds is 6. The number of pyridine rings is 1. The van der Waals surface area contributed by atoms with Crippen LogP contribution in [0.3, 0.4) is 0 Å². The highest BCUT2D eigenvalue weighted by Crippen LogP contribution is 2.43. The van der Waals surface area contributed by atoms with E-state index >= 15 is 0 Å². The minimum absolute atomic E-state index is 0.288. The third-order valence-electron chi connectivity index (χ3n) is 5.16. The highest BCUT2D eigenvalue weighted by molar-refractivity contribution is 6.02. The Labute approximate surface area is 155 Å². The van der Waals surface area contributed by atoms with Gasteiger partial charge in [-0.1, -0.05) is 48.6 Å². The predicted octanol–water partition coefficient (Wildman–Crippen LogP) is 3.69. The van der Waals surface area contributed by atoms with Gasteiger partial charge in [-0.3, -0.25) is 9.98 Å². The molecule has 1 aliphatic heterocycles. The molecule has 2 aliphatic rings. The summed E-state index contributed by atoms with van der Waals surface area (Å²) in [7, 11) is 4.23. The van der Waals surface area contributed by atoms with Crippen LogP contribution in [-0.2, 0) is 0 Å². The van der Waals surface area contributed by atoms with Crippen molar-refractivity contribution in [2.45, 2.75) is 12.3 Å². The monoisotopic (exact) mass is 346 g/mol. The maximum absolute atomic E-state index is 5.09. The smallest absolute Gasteiger partial charge is 0.0929 e. The van der Waals surface area contributed by atoms with Crippen LogP contribution in [-0.4, -0.2) is 49.3 Å². The largest absolute Gasteiger partial charge is 0.311 e. The van der Waals surface area contributed by atoms with Gasteiger partial charge in [0.25, 0.3) is 0 Å². The van der Waals surface area contributed by atoms with Crippen molar-refractivity contribution in [2.75, 3.05) is 33.7 Å². The lowest BCUT2D eigenvalue weighted by molar-refractivity contribution is 0.396. The van der Waals surface area contributed by atoms with Gasteiger partial charge in [0.05, 0.1) is 11.4 Å². The zero-order valence-corrected chi connectivity index (χ0v) is 15.5. The van der Waals surface area contributed by atoms with Crippen molar-refractivity contribution in [2.24, 2.45) is 10.9 Å². The van der Waals surface area contributed by atoms with E-state index in [2.05, 4.69) is 72.9 Å². The second-order valence-electron chi connectivity index (χ2n) is 7.34. The highest BCUT2D eigenvalue weighted by atomic mass is 15.1. The molecule has 0 saturated carbocycles. The topological polar surface area (TPSA) is 40.5 Å². The molecule has 2 atom stereocenters. The molecule has 0 spiro atoms. The molecule has 4 heteroatoms. The molecular formula is C22H26N4. The lowest BCUT2D eigenvalue weighted by Crippen LogP contribution is -2.34. The first-order chi connectivity index (χ1) is 12.7. The number of hydrogen-bond donors (Lipinski definition) is 1. The fraction of sp³-hybridized carbons (Fsp3) is 0.364. The van der Waals surface area contributed by atoms with Crippen LogP contribution < -0.4 is 5.32 Å². The first-order valence-corrected chi connectivity index (χ1v) is 9.39. The zero-order valence-electron chi connectivity index (χ0n) is 15.5. The summed E-state index contributed by atoms with van der Waals surface area (Å²) >= 11 is 0. The van der Waals surface area contributed by atoms with Gasteiger partial charge < -0.3 is 10.2 Å². The summed E-state index contributed by atoms with van der Waals surface area (Å²) < 4.78 is 0. The van der Waals surface area contributed by atoms with Gasteiger partial charge >= 0.3 is 0 Å². The molecule has 1 aromatic carbocycles. The van der Waals surface area contributed by atoms with E-state index < -0.39 is 0 Å². The molecule has 0 bridgehead atoms. The summed E-state index contributed by atoms with van der Waals surface area (Å²) in [5.74, 6) is 0.596. The van der Waals surface area contributed by atoms with E-state index in [4.69, 9.17) is 9.98 Å². The minimum atomic E-state index is 0.288. The van der Waals surface area contributed by atoms with Crippen LogP contribution >= 0.6 is 0 Å². The van der Waals surface area contributed by atoms with Gasteiger partial charge in [0.2, 0.25) is 0 Å². The summed E-state index contributed by atoms with van der Waals surface area (Å²) in [5.41, 5.74) is 3.37. The maximum atomic E-state index is 5.09. The first-order valence-electron chi connectivity index (χ1n) is 9.39. The Morgan fingerprint density at radius 3 is 2.73 bits per heavy atom. The van der Waals surface area contributed by atoms with Gasteiger partial charge in [-0.2, -0.15) is 0 Å². The fourth-order valence-electron chi connectivity index (χ4n) is 3.82. The van der Waals surface area contributed by atoms with Crippen LogP contribution in [0.5, 0.6) is 0 Å². The first kappa shape index (κ1) is 17.1. The van der Waals surface area contributed by atoms with E-state index in [1.165, 1.54) is 11.1 Å². The van der Waals surface area contributed by atoms with Gasteiger partial charge in [-0.05, 0) is 33.6 Å². The number of nitrogens with zero attached hydrogens (tertiary/aromatic N) is 3. The van der Waals surface area contributed by atoms with Crippen LogP contribution in [0.15, 0.2) is 59.8 Å². The standard InChI is InChI=1S/C22H26N4/c1-26(2)13-7-12-23-15-20-18-10-5-6-11-19(18)21-22(25-20)17-9-4-3-8-16(17)14-24-21/h3-6,8-11,14,18-19,23H,7,12-13,15H2,1-2H3. The molecule has 0 fully saturated rings. The Kier molecular flexibility index (Phi) is 4.96. The van der Waals surface area contributed by atoms with Gasteiger partial charge in [-0.15, -0.1) is 0 Å². The summed E-state index contributed by atoms with van der Waals surface area (Å²) in [6.07, 6.45) is 11.9. The van der Waals surface area contributed by atoms with Crippen molar-refractivity contribution in [3.63, 3.8) is 0 Å². The minimum Gasteiger partial charge on any atom is -0.311 e. The average molecular weight is 346 g/mol. The molecule has 4 nitrogen and oxygen atoms in total. The van der Waals surface area contributed by atoms with Gasteiger partial charge in [0, 0.05) is 41.1 Å². The second-order valence-corrected chi connectivity index (χ2v) is 7.34. The molecule has 4 rings (SSSR count). The number of aromatic nitrogens is 1. The van der Waals surface area contributed by atoms with Crippen molar-refractivity contribution in [1.29, 1.82) is 0 Å². The molecule has 0 saturated heterocycles. The SMILES string of the molecule is CN(C)CCCNCC1=Nc2c(ncc3ccccc23)C2C=CC=CC12. The molecule has 0 radical (unpaired) electrons. The number of aliphatic imine (C=N–C) groups is 1. The summed E-state index contributed by atoms with van der Waals surface area (Å²) in [4.78, 5) is 12.1. The summed E-state index contributed by atoms with van der Waals surface area (Å²) in [5, 5.41) is 5.94. The van der Waals surface area contributed by atoms with Crippen molar-refractivity contribution >= 4 is 22.2 Å². The van der Waals surface area contributed by atoms with Crippen LogP contribution in [0.1, 0.15) is 18.0 Å². The molecule has 2 aromatic rings. The predicted molar refractivity (Wildman–Crippen MR) is 109 cm³/mol. The normalized spacial score (nSPS) is 21.0. The Hall–Kier alpha value is -2.30. The molecule has 2 heterocycles. The highest BCUT2D eigenvalue weighted by Gasteiger charge is 2.32. The van der Waals surface area contributed by atoms with E-state index in [0.717, 1.165) is 42.8 Å². The maximum Gasteiger partial charge on any atom is 0.0929 e. The Morgan fingerprint density at radius 1 is 1.08 bits per heavy atom. The Bertz CT molecular complexity index is 879. The van der Waals surface area contributed by atoms with Crippen LogP contribution in [0.2, 0.25) is 0 Å². The average Bonchev–Trinajstić information content (AvgIpc) is 2.67. The lowest BCUT2D eigenvalue weighted by Gasteiger charge is -2.31. The quantitative estimate of drug-likeness (QED) is 0.811. The molecular weight excluding hydrogens is 320 g/mol. The fourth-order valence-corrected chi connectivity index (χ4v) is 3.82. The molecule has 1 aliphatic carbocycles. The van der Waals surface area contributed by atoms with E-state index in [0.29, 0.717) is 5.92 Å². The molecule has 134 valence electrons. The van der Waals surface area contributed by atoms with Gasteiger partial charge in [0.1, 0.15) is 0 Å². The third kappa shape index (κ3) is 3.35. The Balaban J connectivity index is 1.63. The number of allylic oxidation sites excluding steroid dienone is 4. The lowest BCUT2D eigenvalue weighted by atomic mass is 9.79. The van der Waals surface area contributed by atoms with Crippen molar-refractivity contribution in [3.8, 4) is 0 Å². The number of benzene rings is 1. The van der Waals surface area contributed by atoms with E-state index in [-0.39, 0.29) is 5.92 Å². The van der Waals surface area contributed by atoms with E-state index in [1.54, 1.807) is 0 Å². The summed E-state index contributed by atoms with van der Waals surface area (Å²) in [6.45, 7) is 2.94. The second kappa shape index (κ2) is 7.52. The molecule has 2 unspecified atom stereocenters. The van der Waals surface area contributed by atoms with E-state index in [1.807, 2.05) is 6.20 Å². The summed E-state index contributed by atoms with van der Waals surface area (Å²) in [6, 6.07) is 8.41. The molecule has 1 aromatic heterocycles. The number of fused-ring (bicyclic) bond motifs is 5. The van der Waals surface area contributed by atoms with Gasteiger partial charge in [-0.25, -0.2) is 0 Å². The number of nitrogens with one attached hydrogen (secondary N) is 1. The number of hydrogen-bond acceptors (Lipinski definition) is 4. The molecule has 1 N–H and O–H groups in total. The Morgan fingerprint density at radius 2 is 1.88 bits per heavy atom.